The fourth-order valence-electron chi connectivity index (χ4n) is 5.82. The molecule has 0 aromatic rings. The minimum absolute atomic E-state index is 0.124. The van der Waals surface area contributed by atoms with E-state index in [1.165, 1.54) is 12.8 Å². The Labute approximate surface area is 134 Å². The Balaban J connectivity index is 1.56. The first-order valence-electron chi connectivity index (χ1n) is 8.86. The number of hydrogen-bond donors (Lipinski definition) is 0. The van der Waals surface area contributed by atoms with Crippen LogP contribution in [0.1, 0.15) is 47.5 Å². The van der Waals surface area contributed by atoms with Crippen molar-refractivity contribution in [3.8, 4) is 0 Å². The molecule has 22 heavy (non-hydrogen) atoms. The summed E-state index contributed by atoms with van der Waals surface area (Å²) in [6.45, 7) is 15.4. The van der Waals surface area contributed by atoms with Gasteiger partial charge in [0.1, 0.15) is 5.78 Å². The number of rotatable bonds is 2. The highest BCUT2D eigenvalue weighted by Crippen LogP contribution is 2.51. The van der Waals surface area contributed by atoms with Crippen molar-refractivity contribution in [2.75, 3.05) is 26.2 Å². The topological polar surface area (TPSA) is 23.6 Å². The van der Waals surface area contributed by atoms with Gasteiger partial charge >= 0.3 is 0 Å². The van der Waals surface area contributed by atoms with Crippen LogP contribution >= 0.6 is 0 Å². The normalized spacial score (nSPS) is 52.2. The molecule has 3 heteroatoms. The Bertz CT molecular complexity index is 522. The van der Waals surface area contributed by atoms with E-state index < -0.39 is 0 Å². The molecule has 0 aromatic carbocycles. The monoisotopic (exact) mass is 302 g/mol. The summed E-state index contributed by atoms with van der Waals surface area (Å²) in [4.78, 5) is 18.0. The van der Waals surface area contributed by atoms with Gasteiger partial charge in [-0.1, -0.05) is 39.3 Å². The van der Waals surface area contributed by atoms with E-state index in [9.17, 15) is 4.79 Å². The summed E-state index contributed by atoms with van der Waals surface area (Å²) in [5.41, 5.74) is 1.64. The van der Waals surface area contributed by atoms with E-state index in [2.05, 4.69) is 50.5 Å². The maximum Gasteiger partial charge on any atom is 0.149 e. The molecular weight excluding hydrogens is 272 g/mol. The lowest BCUT2D eigenvalue weighted by Gasteiger charge is -2.65. The second kappa shape index (κ2) is 4.24. The quantitative estimate of drug-likeness (QED) is 0.733. The molecule has 4 fully saturated rings. The van der Waals surface area contributed by atoms with Gasteiger partial charge in [0.05, 0.1) is 17.0 Å². The smallest absolute Gasteiger partial charge is 0.149 e. The minimum atomic E-state index is -0.124. The molecule has 0 aromatic heterocycles. The number of Topliss-reactive ketones (excluding diaryl/α,β-unsaturated/α-hetero) is 1. The highest BCUT2D eigenvalue weighted by Gasteiger charge is 2.62. The van der Waals surface area contributed by atoms with Crippen LogP contribution in [-0.4, -0.2) is 47.9 Å². The van der Waals surface area contributed by atoms with E-state index in [1.807, 2.05) is 0 Å². The first-order chi connectivity index (χ1) is 10.2. The standard InChI is InChI=1S/C19H30N2O/c1-13-6-7-14(17(13,2)3)8-15-20-9-18(4)10-21(15)12-19(5,11-20)16(18)22/h6,14-15H,7-12H2,1-5H3. The van der Waals surface area contributed by atoms with Crippen LogP contribution in [0.4, 0.5) is 0 Å². The van der Waals surface area contributed by atoms with E-state index in [-0.39, 0.29) is 10.8 Å². The molecule has 0 saturated carbocycles. The average molecular weight is 302 g/mol. The molecule has 4 aliphatic heterocycles. The molecule has 122 valence electrons. The number of carbonyl (C=O) groups is 1. The van der Waals surface area contributed by atoms with Crippen LogP contribution in [0.5, 0.6) is 0 Å². The van der Waals surface area contributed by atoms with Crippen LogP contribution in [0.15, 0.2) is 11.6 Å². The third kappa shape index (κ3) is 1.78. The van der Waals surface area contributed by atoms with Gasteiger partial charge in [0, 0.05) is 26.2 Å². The van der Waals surface area contributed by atoms with Gasteiger partial charge in [0.2, 0.25) is 0 Å². The van der Waals surface area contributed by atoms with Crippen LogP contribution in [-0.2, 0) is 4.79 Å². The molecular formula is C19H30N2O. The molecule has 0 amide bonds. The van der Waals surface area contributed by atoms with Gasteiger partial charge in [-0.3, -0.25) is 14.6 Å². The number of nitrogens with zero attached hydrogens (tertiary/aromatic N) is 2. The highest BCUT2D eigenvalue weighted by molar-refractivity contribution is 5.92. The Kier molecular flexibility index (Phi) is 2.87. The zero-order valence-corrected chi connectivity index (χ0v) is 14.8. The van der Waals surface area contributed by atoms with Gasteiger partial charge in [0.15, 0.2) is 0 Å². The zero-order chi connectivity index (χ0) is 15.9. The van der Waals surface area contributed by atoms with Crippen LogP contribution < -0.4 is 0 Å². The van der Waals surface area contributed by atoms with Crippen molar-refractivity contribution >= 4 is 5.78 Å². The third-order valence-corrected chi connectivity index (χ3v) is 7.39. The Morgan fingerprint density at radius 2 is 1.55 bits per heavy atom. The molecule has 3 nitrogen and oxygen atoms in total. The fraction of sp³-hybridized carbons (Fsp3) is 0.842. The van der Waals surface area contributed by atoms with Gasteiger partial charge in [-0.25, -0.2) is 0 Å². The number of ketones is 1. The first-order valence-corrected chi connectivity index (χ1v) is 8.86. The summed E-state index contributed by atoms with van der Waals surface area (Å²) in [7, 11) is 0. The average Bonchev–Trinajstić information content (AvgIpc) is 2.65. The summed E-state index contributed by atoms with van der Waals surface area (Å²) < 4.78 is 0. The number of allylic oxidation sites excluding steroid dienone is 2. The molecule has 5 aliphatic rings. The van der Waals surface area contributed by atoms with Crippen molar-refractivity contribution in [1.29, 1.82) is 0 Å². The van der Waals surface area contributed by atoms with Crippen LogP contribution in [0.25, 0.3) is 0 Å². The summed E-state index contributed by atoms with van der Waals surface area (Å²) in [6.07, 6.45) is 5.47. The largest absolute Gasteiger partial charge is 0.298 e. The predicted octanol–water partition coefficient (Wildman–Crippen LogP) is 2.92. The summed E-state index contributed by atoms with van der Waals surface area (Å²) in [6, 6.07) is 0. The van der Waals surface area contributed by atoms with E-state index in [4.69, 9.17) is 0 Å². The van der Waals surface area contributed by atoms with Crippen LogP contribution in [0.3, 0.4) is 0 Å². The number of piperidine rings is 2. The van der Waals surface area contributed by atoms with Crippen molar-refractivity contribution in [2.24, 2.45) is 22.2 Å². The van der Waals surface area contributed by atoms with Gasteiger partial charge in [-0.15, -0.1) is 0 Å². The summed E-state index contributed by atoms with van der Waals surface area (Å²) >= 11 is 0. The molecule has 4 heterocycles. The molecule has 0 radical (unpaired) electrons. The molecule has 4 bridgehead atoms. The van der Waals surface area contributed by atoms with Gasteiger partial charge in [-0.2, -0.15) is 0 Å². The Hall–Kier alpha value is -0.670. The minimum Gasteiger partial charge on any atom is -0.298 e. The second-order valence-electron chi connectivity index (χ2n) is 9.52. The SMILES string of the molecule is CC1=CCC(CC2N3CC4(C)CN2CC(C)(C3)C4=O)C1(C)C. The van der Waals surface area contributed by atoms with E-state index in [0.717, 1.165) is 32.1 Å². The number of hydrogen-bond acceptors (Lipinski definition) is 3. The lowest BCUT2D eigenvalue weighted by molar-refractivity contribution is -0.198. The molecule has 1 unspecified atom stereocenters. The zero-order valence-electron chi connectivity index (χ0n) is 14.8. The lowest BCUT2D eigenvalue weighted by atomic mass is 9.61. The Morgan fingerprint density at radius 3 is 1.95 bits per heavy atom. The predicted molar refractivity (Wildman–Crippen MR) is 88.4 cm³/mol. The van der Waals surface area contributed by atoms with Crippen molar-refractivity contribution in [3.05, 3.63) is 11.6 Å². The summed E-state index contributed by atoms with van der Waals surface area (Å²) in [5, 5.41) is 0. The molecule has 0 N–H and O–H groups in total. The number of carbonyl (C=O) groups excluding carboxylic acids is 1. The van der Waals surface area contributed by atoms with Gasteiger partial charge in [0.25, 0.3) is 0 Å². The lowest BCUT2D eigenvalue weighted by Crippen LogP contribution is -2.78. The maximum atomic E-state index is 12.8. The van der Waals surface area contributed by atoms with Crippen molar-refractivity contribution < 1.29 is 4.79 Å². The molecule has 4 saturated heterocycles. The van der Waals surface area contributed by atoms with Gasteiger partial charge in [-0.05, 0) is 31.1 Å². The molecule has 1 aliphatic carbocycles. The summed E-state index contributed by atoms with van der Waals surface area (Å²) in [5.74, 6) is 1.26. The molecule has 1 atom stereocenters. The first kappa shape index (κ1) is 14.9. The van der Waals surface area contributed by atoms with Crippen LogP contribution in [0.2, 0.25) is 0 Å². The molecule has 0 spiro atoms. The van der Waals surface area contributed by atoms with Gasteiger partial charge < -0.3 is 0 Å². The maximum absolute atomic E-state index is 12.8. The fourth-order valence-corrected chi connectivity index (χ4v) is 5.82. The van der Waals surface area contributed by atoms with Crippen molar-refractivity contribution in [2.45, 2.75) is 53.6 Å². The van der Waals surface area contributed by atoms with E-state index in [1.54, 1.807) is 5.57 Å². The van der Waals surface area contributed by atoms with E-state index >= 15 is 0 Å². The Morgan fingerprint density at radius 1 is 1.05 bits per heavy atom. The highest BCUT2D eigenvalue weighted by atomic mass is 16.1. The second-order valence-corrected chi connectivity index (χ2v) is 9.52. The van der Waals surface area contributed by atoms with Crippen molar-refractivity contribution in [1.82, 2.24) is 9.80 Å². The van der Waals surface area contributed by atoms with Crippen molar-refractivity contribution in [3.63, 3.8) is 0 Å². The third-order valence-electron chi connectivity index (χ3n) is 7.39. The van der Waals surface area contributed by atoms with E-state index in [0.29, 0.717) is 17.4 Å². The van der Waals surface area contributed by atoms with Crippen LogP contribution in [0, 0.1) is 22.2 Å². The molecule has 5 rings (SSSR count).